The third kappa shape index (κ3) is 4.09. The normalized spacial score (nSPS) is 31.9. The van der Waals surface area contributed by atoms with E-state index in [0.717, 1.165) is 13.1 Å². The van der Waals surface area contributed by atoms with Crippen molar-refractivity contribution in [1.29, 1.82) is 5.26 Å². The predicted octanol–water partition coefficient (Wildman–Crippen LogP) is 1.73. The van der Waals surface area contributed by atoms with Crippen LogP contribution in [-0.4, -0.2) is 85.5 Å². The fourth-order valence-corrected chi connectivity index (χ4v) is 6.13. The first kappa shape index (κ1) is 21.6. The van der Waals surface area contributed by atoms with Crippen LogP contribution in [0.1, 0.15) is 44.9 Å². The summed E-state index contributed by atoms with van der Waals surface area (Å²) >= 11 is 0. The second-order valence-electron chi connectivity index (χ2n) is 9.84. The molecule has 166 valence electrons. The van der Waals surface area contributed by atoms with Crippen molar-refractivity contribution >= 4 is 11.8 Å². The van der Waals surface area contributed by atoms with E-state index in [-0.39, 0.29) is 24.2 Å². The molecule has 0 aromatic rings. The first-order chi connectivity index (χ1) is 14.5. The van der Waals surface area contributed by atoms with E-state index in [0.29, 0.717) is 56.9 Å². The number of nitriles is 1. The fourth-order valence-electron chi connectivity index (χ4n) is 6.13. The lowest BCUT2D eigenvalue weighted by atomic mass is 9.85. The van der Waals surface area contributed by atoms with Crippen molar-refractivity contribution in [3.63, 3.8) is 0 Å². The maximum absolute atomic E-state index is 13.8. The summed E-state index contributed by atoms with van der Waals surface area (Å²) in [4.78, 5) is 32.7. The molecule has 3 unspecified atom stereocenters. The van der Waals surface area contributed by atoms with Crippen LogP contribution in [0.15, 0.2) is 0 Å². The molecule has 2 amide bonds. The molecule has 0 aromatic heterocycles. The van der Waals surface area contributed by atoms with Crippen LogP contribution in [-0.2, 0) is 14.3 Å². The van der Waals surface area contributed by atoms with Crippen molar-refractivity contribution in [3.05, 3.63) is 0 Å². The van der Waals surface area contributed by atoms with Gasteiger partial charge in [0.1, 0.15) is 5.54 Å². The summed E-state index contributed by atoms with van der Waals surface area (Å²) in [6.07, 6.45) is 6.46. The van der Waals surface area contributed by atoms with Crippen LogP contribution in [0.3, 0.4) is 0 Å². The zero-order chi connectivity index (χ0) is 21.3. The molecule has 4 rings (SSSR count). The van der Waals surface area contributed by atoms with Crippen molar-refractivity contribution < 1.29 is 14.3 Å². The van der Waals surface area contributed by atoms with Gasteiger partial charge in [-0.2, -0.15) is 5.26 Å². The Hall–Kier alpha value is -1.65. The molecule has 2 aliphatic carbocycles. The van der Waals surface area contributed by atoms with Crippen LogP contribution in [0.5, 0.6) is 0 Å². The number of rotatable bonds is 5. The minimum Gasteiger partial charge on any atom is -0.378 e. The molecule has 7 heteroatoms. The van der Waals surface area contributed by atoms with Crippen LogP contribution in [0.4, 0.5) is 0 Å². The maximum Gasteiger partial charge on any atom is 0.227 e. The van der Waals surface area contributed by atoms with E-state index >= 15 is 0 Å². The minimum absolute atomic E-state index is 0.0158. The lowest BCUT2D eigenvalue weighted by molar-refractivity contribution is -0.146. The quantitative estimate of drug-likeness (QED) is 0.682. The predicted molar refractivity (Wildman–Crippen MR) is 112 cm³/mol. The van der Waals surface area contributed by atoms with Gasteiger partial charge in [0.05, 0.1) is 25.2 Å². The molecule has 0 bridgehead atoms. The average Bonchev–Trinajstić information content (AvgIpc) is 3.52. The number of carbonyl (C=O) groups excluding carboxylic acids is 2. The summed E-state index contributed by atoms with van der Waals surface area (Å²) in [7, 11) is 3.86. The Balaban J connectivity index is 1.51. The molecule has 4 aliphatic rings. The average molecular weight is 417 g/mol. The molecule has 0 spiro atoms. The Bertz CT molecular complexity index is 679. The first-order valence-corrected chi connectivity index (χ1v) is 11.7. The number of morpholine rings is 1. The topological polar surface area (TPSA) is 76.9 Å². The molecule has 3 atom stereocenters. The Morgan fingerprint density at radius 2 is 1.73 bits per heavy atom. The molecule has 7 nitrogen and oxygen atoms in total. The summed E-state index contributed by atoms with van der Waals surface area (Å²) in [6, 6.07) is 2.48. The van der Waals surface area contributed by atoms with Crippen LogP contribution >= 0.6 is 0 Å². The third-order valence-corrected chi connectivity index (χ3v) is 8.26. The highest BCUT2D eigenvalue weighted by atomic mass is 16.5. The molecular weight excluding hydrogens is 380 g/mol. The van der Waals surface area contributed by atoms with Crippen molar-refractivity contribution in [1.82, 2.24) is 14.7 Å². The van der Waals surface area contributed by atoms with E-state index in [9.17, 15) is 14.9 Å². The van der Waals surface area contributed by atoms with Crippen molar-refractivity contribution in [3.8, 4) is 6.07 Å². The summed E-state index contributed by atoms with van der Waals surface area (Å²) in [5.41, 5.74) is -0.746. The lowest BCUT2D eigenvalue weighted by Gasteiger charge is -2.43. The second-order valence-corrected chi connectivity index (χ2v) is 9.84. The molecular formula is C23H36N4O3. The van der Waals surface area contributed by atoms with Gasteiger partial charge in [-0.15, -0.1) is 0 Å². The Labute approximate surface area is 180 Å². The number of amides is 2. The van der Waals surface area contributed by atoms with Crippen LogP contribution < -0.4 is 0 Å². The van der Waals surface area contributed by atoms with Crippen LogP contribution in [0, 0.1) is 35.0 Å². The number of carbonyl (C=O) groups is 2. The number of hydrogen-bond donors (Lipinski definition) is 0. The van der Waals surface area contributed by atoms with Gasteiger partial charge in [0, 0.05) is 39.6 Å². The minimum atomic E-state index is -0.746. The lowest BCUT2D eigenvalue weighted by Crippen LogP contribution is -2.56. The van der Waals surface area contributed by atoms with E-state index in [2.05, 4.69) is 18.0 Å². The van der Waals surface area contributed by atoms with Gasteiger partial charge in [0.15, 0.2) is 0 Å². The number of ether oxygens (including phenoxy) is 1. The van der Waals surface area contributed by atoms with E-state index in [1.807, 2.05) is 4.90 Å². The van der Waals surface area contributed by atoms with Crippen LogP contribution in [0.25, 0.3) is 0 Å². The Morgan fingerprint density at radius 1 is 1.13 bits per heavy atom. The molecule has 0 N–H and O–H groups in total. The summed E-state index contributed by atoms with van der Waals surface area (Å²) < 4.78 is 5.38. The number of hydrogen-bond acceptors (Lipinski definition) is 5. The van der Waals surface area contributed by atoms with Crippen molar-refractivity contribution in [2.75, 3.05) is 53.5 Å². The van der Waals surface area contributed by atoms with Crippen LogP contribution in [0.2, 0.25) is 0 Å². The number of likely N-dealkylation sites (tertiary alicyclic amines) is 1. The standard InChI is InChI=1S/C23H36N4O3/c1-25-9-7-23(16-24,8-10-25)26(2)22(29)19(21-17-5-3-4-6-18(17)21)15-20(28)27-11-13-30-14-12-27/h17-19,21H,3-15H2,1-2H3. The largest absolute Gasteiger partial charge is 0.378 e. The third-order valence-electron chi connectivity index (χ3n) is 8.26. The van der Waals surface area contributed by atoms with Crippen molar-refractivity contribution in [2.24, 2.45) is 23.7 Å². The highest BCUT2D eigenvalue weighted by molar-refractivity contribution is 5.87. The molecule has 2 saturated carbocycles. The van der Waals surface area contributed by atoms with E-state index in [4.69, 9.17) is 4.74 Å². The zero-order valence-electron chi connectivity index (χ0n) is 18.5. The Kier molecular flexibility index (Phi) is 6.36. The van der Waals surface area contributed by atoms with Gasteiger partial charge >= 0.3 is 0 Å². The smallest absolute Gasteiger partial charge is 0.227 e. The fraction of sp³-hybridized carbons (Fsp3) is 0.870. The summed E-state index contributed by atoms with van der Waals surface area (Å²) in [5, 5.41) is 10.0. The maximum atomic E-state index is 13.8. The van der Waals surface area contributed by atoms with Crippen molar-refractivity contribution in [2.45, 2.75) is 50.5 Å². The number of piperidine rings is 1. The molecule has 2 saturated heterocycles. The van der Waals surface area contributed by atoms with Gasteiger partial charge in [-0.3, -0.25) is 9.59 Å². The van der Waals surface area contributed by atoms with Gasteiger partial charge in [-0.25, -0.2) is 0 Å². The van der Waals surface area contributed by atoms with Gasteiger partial charge in [0.25, 0.3) is 0 Å². The molecule has 2 aliphatic heterocycles. The molecule has 2 heterocycles. The van der Waals surface area contributed by atoms with Gasteiger partial charge in [-0.05, 0) is 50.5 Å². The van der Waals surface area contributed by atoms with E-state index in [1.54, 1.807) is 11.9 Å². The first-order valence-electron chi connectivity index (χ1n) is 11.7. The summed E-state index contributed by atoms with van der Waals surface area (Å²) in [5.74, 6) is 1.30. The van der Waals surface area contributed by atoms with Gasteiger partial charge < -0.3 is 19.4 Å². The van der Waals surface area contributed by atoms with Gasteiger partial charge in [-0.1, -0.05) is 12.8 Å². The SMILES string of the molecule is CN1CCC(C#N)(N(C)C(=O)C(CC(=O)N2CCOCC2)C2C3CCCCC32)CC1. The zero-order valence-corrected chi connectivity index (χ0v) is 18.5. The number of nitrogens with zero attached hydrogens (tertiary/aromatic N) is 4. The number of fused-ring (bicyclic) bond motifs is 1. The highest BCUT2D eigenvalue weighted by Crippen LogP contribution is 2.60. The molecule has 0 radical (unpaired) electrons. The van der Waals surface area contributed by atoms with E-state index in [1.165, 1.54) is 25.7 Å². The van der Waals surface area contributed by atoms with Gasteiger partial charge in [0.2, 0.25) is 11.8 Å². The summed E-state index contributed by atoms with van der Waals surface area (Å²) in [6.45, 7) is 4.01. The monoisotopic (exact) mass is 416 g/mol. The second kappa shape index (κ2) is 8.84. The molecule has 4 fully saturated rings. The van der Waals surface area contributed by atoms with E-state index < -0.39 is 5.54 Å². The molecule has 30 heavy (non-hydrogen) atoms. The highest BCUT2D eigenvalue weighted by Gasteiger charge is 2.57. The Morgan fingerprint density at radius 3 is 2.30 bits per heavy atom. The molecule has 0 aromatic carbocycles.